The van der Waals surface area contributed by atoms with E-state index in [-0.39, 0.29) is 4.75 Å². The number of hydrogen-bond donors (Lipinski definition) is 0. The van der Waals surface area contributed by atoms with Gasteiger partial charge in [-0.25, -0.2) is 9.19 Å². The van der Waals surface area contributed by atoms with Gasteiger partial charge in [0.2, 0.25) is 0 Å². The zero-order valence-corrected chi connectivity index (χ0v) is 9.48. The minimum Gasteiger partial charge on any atom is -0.244 e. The molecule has 0 aliphatic carbocycles. The van der Waals surface area contributed by atoms with Crippen LogP contribution in [0.5, 0.6) is 0 Å². The van der Waals surface area contributed by atoms with Crippen molar-refractivity contribution in [3.63, 3.8) is 0 Å². The van der Waals surface area contributed by atoms with Crippen molar-refractivity contribution in [2.24, 2.45) is 4.40 Å². The quantitative estimate of drug-likeness (QED) is 0.710. The highest BCUT2D eigenvalue weighted by atomic mass is 32.2. The smallest absolute Gasteiger partial charge is 0.144 e. The number of aromatic nitrogens is 1. The van der Waals surface area contributed by atoms with E-state index >= 15 is 0 Å². The molecule has 1 aromatic rings. The van der Waals surface area contributed by atoms with Crippen LogP contribution in [0.25, 0.3) is 0 Å². The Morgan fingerprint density at radius 1 is 1.62 bits per heavy atom. The molecule has 0 bridgehead atoms. The Labute approximate surface area is 84.5 Å². The van der Waals surface area contributed by atoms with Crippen LogP contribution in [-0.2, 0) is 11.0 Å². The summed E-state index contributed by atoms with van der Waals surface area (Å²) in [6.45, 7) is 5.67. The lowest BCUT2D eigenvalue weighted by atomic mass is 10.3. The third-order valence-corrected chi connectivity index (χ3v) is 3.29. The van der Waals surface area contributed by atoms with E-state index in [1.807, 2.05) is 26.2 Å². The molecule has 0 fully saturated rings. The fourth-order valence-corrected chi connectivity index (χ4v) is 1.62. The summed E-state index contributed by atoms with van der Waals surface area (Å²) in [4.78, 5) is 4.01. The van der Waals surface area contributed by atoms with Crippen LogP contribution >= 0.6 is 11.3 Å². The Kier molecular flexibility index (Phi) is 3.33. The maximum Gasteiger partial charge on any atom is 0.144 e. The second-order valence-electron chi connectivity index (χ2n) is 3.47. The average molecular weight is 216 g/mol. The van der Waals surface area contributed by atoms with E-state index in [1.54, 1.807) is 12.4 Å². The molecule has 1 heterocycles. The summed E-state index contributed by atoms with van der Waals surface area (Å²) < 4.78 is 15.1. The molecule has 1 unspecified atom stereocenters. The molecule has 0 N–H and O–H groups in total. The largest absolute Gasteiger partial charge is 0.244 e. The molecular formula is C8H12N2OS2. The van der Waals surface area contributed by atoms with Gasteiger partial charge in [0.25, 0.3) is 0 Å². The van der Waals surface area contributed by atoms with Crippen LogP contribution in [0.2, 0.25) is 0 Å². The molecule has 13 heavy (non-hydrogen) atoms. The van der Waals surface area contributed by atoms with E-state index in [1.165, 1.54) is 11.3 Å². The summed E-state index contributed by atoms with van der Waals surface area (Å²) in [5.74, 6) is 0. The Balaban J connectivity index is 2.65. The van der Waals surface area contributed by atoms with Crippen molar-refractivity contribution < 1.29 is 4.21 Å². The molecule has 3 nitrogen and oxygen atoms in total. The van der Waals surface area contributed by atoms with Crippen molar-refractivity contribution in [2.75, 3.05) is 0 Å². The summed E-state index contributed by atoms with van der Waals surface area (Å²) in [5.41, 5.74) is 0. The van der Waals surface area contributed by atoms with Crippen LogP contribution in [0.15, 0.2) is 16.0 Å². The van der Waals surface area contributed by atoms with E-state index < -0.39 is 11.0 Å². The van der Waals surface area contributed by atoms with Gasteiger partial charge >= 0.3 is 0 Å². The lowest BCUT2D eigenvalue weighted by Gasteiger charge is -2.12. The first-order chi connectivity index (χ1) is 6.00. The predicted molar refractivity (Wildman–Crippen MR) is 57.6 cm³/mol. The Hall–Kier alpha value is -0.550. The van der Waals surface area contributed by atoms with Crippen molar-refractivity contribution in [1.82, 2.24) is 4.98 Å². The predicted octanol–water partition coefficient (Wildman–Crippen LogP) is 2.02. The zero-order valence-electron chi connectivity index (χ0n) is 7.85. The first kappa shape index (κ1) is 10.5. The highest BCUT2D eigenvalue weighted by molar-refractivity contribution is 7.85. The van der Waals surface area contributed by atoms with Crippen molar-refractivity contribution in [1.29, 1.82) is 0 Å². The zero-order chi connectivity index (χ0) is 9.90. The van der Waals surface area contributed by atoms with Crippen LogP contribution in [0.3, 0.4) is 0 Å². The van der Waals surface area contributed by atoms with E-state index in [4.69, 9.17) is 0 Å². The van der Waals surface area contributed by atoms with Gasteiger partial charge in [0.15, 0.2) is 0 Å². The highest BCUT2D eigenvalue weighted by Gasteiger charge is 2.18. The summed E-state index contributed by atoms with van der Waals surface area (Å²) in [7, 11) is -1.19. The van der Waals surface area contributed by atoms with Crippen LogP contribution < -0.4 is 0 Å². The maximum absolute atomic E-state index is 11.4. The van der Waals surface area contributed by atoms with Gasteiger partial charge in [-0.15, -0.1) is 11.3 Å². The molecule has 72 valence electrons. The van der Waals surface area contributed by atoms with Gasteiger partial charge in [0.1, 0.15) is 16.0 Å². The van der Waals surface area contributed by atoms with Gasteiger partial charge in [-0.1, -0.05) is 0 Å². The second-order valence-corrected chi connectivity index (χ2v) is 6.33. The van der Waals surface area contributed by atoms with Crippen molar-refractivity contribution in [2.45, 2.75) is 25.5 Å². The SMILES string of the molecule is CC(C)(C)S(=O)/N=C/c1nccs1. The lowest BCUT2D eigenvalue weighted by molar-refractivity contribution is 0.651. The third-order valence-electron chi connectivity index (χ3n) is 1.23. The van der Waals surface area contributed by atoms with Gasteiger partial charge in [-0.2, -0.15) is 4.40 Å². The first-order valence-corrected chi connectivity index (χ1v) is 5.84. The second kappa shape index (κ2) is 4.11. The minimum atomic E-state index is -1.19. The van der Waals surface area contributed by atoms with Crippen LogP contribution in [0.1, 0.15) is 25.8 Å². The van der Waals surface area contributed by atoms with Crippen LogP contribution in [0, 0.1) is 0 Å². The molecular weight excluding hydrogens is 204 g/mol. The van der Waals surface area contributed by atoms with Crippen molar-refractivity contribution in [3.05, 3.63) is 16.6 Å². The van der Waals surface area contributed by atoms with E-state index in [9.17, 15) is 4.21 Å². The van der Waals surface area contributed by atoms with Gasteiger partial charge in [-0.05, 0) is 20.8 Å². The summed E-state index contributed by atoms with van der Waals surface area (Å²) >= 11 is 1.48. The van der Waals surface area contributed by atoms with E-state index in [0.29, 0.717) is 0 Å². The van der Waals surface area contributed by atoms with Gasteiger partial charge in [0.05, 0.1) is 11.0 Å². The van der Waals surface area contributed by atoms with E-state index in [2.05, 4.69) is 9.38 Å². The minimum absolute atomic E-state index is 0.298. The normalized spacial score (nSPS) is 15.0. The standard InChI is InChI=1S/C8H12N2OS2/c1-8(2,3)13(11)10-6-7-9-4-5-12-7/h4-6H,1-3H3/b10-6+. The molecule has 1 atom stereocenters. The molecule has 0 aliphatic heterocycles. The highest BCUT2D eigenvalue weighted by Crippen LogP contribution is 2.12. The molecule has 0 aliphatic rings. The van der Waals surface area contributed by atoms with Crippen molar-refractivity contribution >= 4 is 28.5 Å². The number of nitrogens with zero attached hydrogens (tertiary/aromatic N) is 2. The molecule has 0 saturated heterocycles. The van der Waals surface area contributed by atoms with E-state index in [0.717, 1.165) is 5.01 Å². The van der Waals surface area contributed by atoms with Crippen molar-refractivity contribution in [3.8, 4) is 0 Å². The molecule has 0 amide bonds. The van der Waals surface area contributed by atoms with Gasteiger partial charge < -0.3 is 0 Å². The first-order valence-electron chi connectivity index (χ1n) is 3.86. The number of rotatable bonds is 2. The average Bonchev–Trinajstić information content (AvgIpc) is 2.50. The lowest BCUT2D eigenvalue weighted by Crippen LogP contribution is -2.19. The monoisotopic (exact) mass is 216 g/mol. The Morgan fingerprint density at radius 3 is 2.77 bits per heavy atom. The summed E-state index contributed by atoms with van der Waals surface area (Å²) in [6.07, 6.45) is 3.26. The van der Waals surface area contributed by atoms with Crippen LogP contribution in [0.4, 0.5) is 0 Å². The fourth-order valence-electron chi connectivity index (χ4n) is 0.549. The number of thiazole rings is 1. The van der Waals surface area contributed by atoms with Crippen LogP contribution in [-0.4, -0.2) is 20.2 Å². The molecule has 0 radical (unpaired) electrons. The fraction of sp³-hybridized carbons (Fsp3) is 0.500. The Morgan fingerprint density at radius 2 is 2.31 bits per heavy atom. The molecule has 0 spiro atoms. The molecule has 0 saturated carbocycles. The molecule has 5 heteroatoms. The molecule has 1 aromatic heterocycles. The molecule has 0 aromatic carbocycles. The van der Waals surface area contributed by atoms with Gasteiger partial charge in [0, 0.05) is 11.6 Å². The molecule has 1 rings (SSSR count). The van der Waals surface area contributed by atoms with Gasteiger partial charge in [-0.3, -0.25) is 0 Å². The maximum atomic E-state index is 11.4. The third kappa shape index (κ3) is 3.36. The summed E-state index contributed by atoms with van der Waals surface area (Å²) in [6, 6.07) is 0. The topological polar surface area (TPSA) is 42.3 Å². The summed E-state index contributed by atoms with van der Waals surface area (Å²) in [5, 5.41) is 2.65. The number of hydrogen-bond acceptors (Lipinski definition) is 3. The Bertz CT molecular complexity index is 311.